The van der Waals surface area contributed by atoms with Crippen LogP contribution in [0.1, 0.15) is 36.0 Å². The number of nitrogens with two attached hydrogens (primary N) is 1. The van der Waals surface area contributed by atoms with Crippen LogP contribution in [0.4, 0.5) is 4.39 Å². The van der Waals surface area contributed by atoms with Gasteiger partial charge in [0.15, 0.2) is 0 Å². The third-order valence-corrected chi connectivity index (χ3v) is 4.75. The van der Waals surface area contributed by atoms with Gasteiger partial charge in [-0.3, -0.25) is 4.79 Å². The molecule has 1 aliphatic carbocycles. The van der Waals surface area contributed by atoms with Crippen LogP contribution < -0.4 is 11.1 Å². The van der Waals surface area contributed by atoms with E-state index in [-0.39, 0.29) is 23.6 Å². The third kappa shape index (κ3) is 3.94. The van der Waals surface area contributed by atoms with Crippen LogP contribution in [0.5, 0.6) is 0 Å². The molecule has 5 heteroatoms. The summed E-state index contributed by atoms with van der Waals surface area (Å²) in [5, 5.41) is 3.54. The fourth-order valence-electron chi connectivity index (χ4n) is 3.05. The summed E-state index contributed by atoms with van der Waals surface area (Å²) in [6.45, 7) is 0. The maximum atomic E-state index is 14.4. The van der Waals surface area contributed by atoms with Crippen LogP contribution in [0.15, 0.2) is 42.5 Å². The second kappa shape index (κ2) is 7.32. The van der Waals surface area contributed by atoms with E-state index in [2.05, 4.69) is 5.32 Å². The van der Waals surface area contributed by atoms with Gasteiger partial charge in [0, 0.05) is 17.1 Å². The number of rotatable bonds is 3. The zero-order valence-corrected chi connectivity index (χ0v) is 14.0. The summed E-state index contributed by atoms with van der Waals surface area (Å²) in [5.74, 6) is -0.886. The number of hydrogen-bond donors (Lipinski definition) is 2. The van der Waals surface area contributed by atoms with Gasteiger partial charge < -0.3 is 11.1 Å². The summed E-state index contributed by atoms with van der Waals surface area (Å²) in [7, 11) is 0. The van der Waals surface area contributed by atoms with Crippen LogP contribution in [0.2, 0.25) is 5.02 Å². The maximum Gasteiger partial charge on any atom is 0.254 e. The minimum absolute atomic E-state index is 0.0718. The van der Waals surface area contributed by atoms with Crippen molar-refractivity contribution in [2.45, 2.75) is 37.8 Å². The van der Waals surface area contributed by atoms with Gasteiger partial charge >= 0.3 is 0 Å². The van der Waals surface area contributed by atoms with Gasteiger partial charge in [0.05, 0.1) is 5.56 Å². The molecule has 1 saturated carbocycles. The summed E-state index contributed by atoms with van der Waals surface area (Å²) in [4.78, 5) is 12.3. The molecule has 0 saturated heterocycles. The molecule has 1 amide bonds. The monoisotopic (exact) mass is 346 g/mol. The normalized spacial score (nSPS) is 20.6. The number of carbonyl (C=O) groups is 1. The highest BCUT2D eigenvalue weighted by Gasteiger charge is 2.22. The molecule has 0 aliphatic heterocycles. The fourth-order valence-corrected chi connectivity index (χ4v) is 3.17. The first-order valence-electron chi connectivity index (χ1n) is 8.15. The van der Waals surface area contributed by atoms with Crippen LogP contribution in [-0.4, -0.2) is 18.0 Å². The van der Waals surface area contributed by atoms with Crippen molar-refractivity contribution in [3.05, 3.63) is 58.9 Å². The van der Waals surface area contributed by atoms with Crippen molar-refractivity contribution in [1.82, 2.24) is 5.32 Å². The van der Waals surface area contributed by atoms with E-state index in [0.29, 0.717) is 10.6 Å². The van der Waals surface area contributed by atoms with E-state index in [9.17, 15) is 9.18 Å². The molecule has 3 N–H and O–H groups in total. The Hall–Kier alpha value is -1.91. The van der Waals surface area contributed by atoms with E-state index in [0.717, 1.165) is 31.2 Å². The van der Waals surface area contributed by atoms with Crippen molar-refractivity contribution in [3.63, 3.8) is 0 Å². The van der Waals surface area contributed by atoms with Crippen LogP contribution in [0.25, 0.3) is 11.1 Å². The molecule has 3 nitrogen and oxygen atoms in total. The fraction of sp³-hybridized carbons (Fsp3) is 0.316. The Bertz CT molecular complexity index is 725. The molecule has 24 heavy (non-hydrogen) atoms. The molecule has 0 aromatic heterocycles. The number of halogens is 2. The van der Waals surface area contributed by atoms with Gasteiger partial charge in [0.1, 0.15) is 5.82 Å². The van der Waals surface area contributed by atoms with E-state index in [4.69, 9.17) is 17.3 Å². The molecule has 2 aromatic carbocycles. The Kier molecular flexibility index (Phi) is 5.17. The lowest BCUT2D eigenvalue weighted by molar-refractivity contribution is 0.0922. The van der Waals surface area contributed by atoms with Gasteiger partial charge in [-0.25, -0.2) is 4.39 Å². The predicted octanol–water partition coefficient (Wildman–Crippen LogP) is 4.15. The average Bonchev–Trinajstić information content (AvgIpc) is 2.57. The molecule has 0 bridgehead atoms. The quantitative estimate of drug-likeness (QED) is 0.877. The number of amides is 1. The Balaban J connectivity index is 1.72. The number of hydrogen-bond acceptors (Lipinski definition) is 2. The van der Waals surface area contributed by atoms with Crippen molar-refractivity contribution in [3.8, 4) is 11.1 Å². The van der Waals surface area contributed by atoms with Crippen LogP contribution in [-0.2, 0) is 0 Å². The topological polar surface area (TPSA) is 55.1 Å². The van der Waals surface area contributed by atoms with Gasteiger partial charge in [0.2, 0.25) is 0 Å². The zero-order chi connectivity index (χ0) is 17.1. The lowest BCUT2D eigenvalue weighted by atomic mass is 9.91. The number of benzene rings is 2. The van der Waals surface area contributed by atoms with E-state index < -0.39 is 5.82 Å². The minimum atomic E-state index is -0.521. The van der Waals surface area contributed by atoms with Crippen LogP contribution >= 0.6 is 11.6 Å². The average molecular weight is 347 g/mol. The lowest BCUT2D eigenvalue weighted by Crippen LogP contribution is -2.40. The molecule has 0 unspecified atom stereocenters. The second-order valence-corrected chi connectivity index (χ2v) is 6.72. The number of nitrogens with one attached hydrogen (secondary N) is 1. The largest absolute Gasteiger partial charge is 0.349 e. The summed E-state index contributed by atoms with van der Waals surface area (Å²) >= 11 is 5.86. The minimum Gasteiger partial charge on any atom is -0.349 e. The maximum absolute atomic E-state index is 14.4. The predicted molar refractivity (Wildman–Crippen MR) is 94.5 cm³/mol. The molecule has 2 aromatic rings. The Morgan fingerprint density at radius 1 is 1.04 bits per heavy atom. The molecule has 0 spiro atoms. The lowest BCUT2D eigenvalue weighted by Gasteiger charge is -2.26. The standard InChI is InChI=1S/C19H20ClFN2O/c20-14-4-1-12(2-5-14)13-3-10-17(18(21)11-13)19(24)23-16-8-6-15(22)7-9-16/h1-5,10-11,15-16H,6-9,22H2,(H,23,24). The van der Waals surface area contributed by atoms with Crippen LogP contribution in [0.3, 0.4) is 0 Å². The summed E-state index contributed by atoms with van der Waals surface area (Å²) in [5.41, 5.74) is 7.50. The molecule has 0 atom stereocenters. The molecule has 0 radical (unpaired) electrons. The Labute approximate surface area is 146 Å². The van der Waals surface area contributed by atoms with Crippen molar-refractivity contribution in [2.24, 2.45) is 5.73 Å². The Morgan fingerprint density at radius 3 is 2.29 bits per heavy atom. The third-order valence-electron chi connectivity index (χ3n) is 4.50. The molecule has 3 rings (SSSR count). The van der Waals surface area contributed by atoms with Crippen molar-refractivity contribution >= 4 is 17.5 Å². The summed E-state index contributed by atoms with van der Waals surface area (Å²) in [6.07, 6.45) is 3.47. The first-order valence-corrected chi connectivity index (χ1v) is 8.52. The van der Waals surface area contributed by atoms with Gasteiger partial charge in [0.25, 0.3) is 5.91 Å². The van der Waals surface area contributed by atoms with Gasteiger partial charge in [-0.05, 0) is 61.1 Å². The second-order valence-electron chi connectivity index (χ2n) is 6.29. The van der Waals surface area contributed by atoms with Gasteiger partial charge in [-0.1, -0.05) is 29.8 Å². The SMILES string of the molecule is NC1CCC(NC(=O)c2ccc(-c3ccc(Cl)cc3)cc2F)CC1. The highest BCUT2D eigenvalue weighted by atomic mass is 35.5. The van der Waals surface area contributed by atoms with E-state index in [1.165, 1.54) is 12.1 Å². The molecule has 0 heterocycles. The van der Waals surface area contributed by atoms with Crippen molar-refractivity contribution in [1.29, 1.82) is 0 Å². The number of carbonyl (C=O) groups excluding carboxylic acids is 1. The highest BCUT2D eigenvalue weighted by Crippen LogP contribution is 2.24. The molecule has 1 aliphatic rings. The first kappa shape index (κ1) is 16.9. The van der Waals surface area contributed by atoms with Crippen molar-refractivity contribution in [2.75, 3.05) is 0 Å². The van der Waals surface area contributed by atoms with Crippen molar-refractivity contribution < 1.29 is 9.18 Å². The van der Waals surface area contributed by atoms with E-state index in [1.807, 2.05) is 12.1 Å². The first-order chi connectivity index (χ1) is 11.5. The Morgan fingerprint density at radius 2 is 1.67 bits per heavy atom. The molecular formula is C19H20ClFN2O. The summed E-state index contributed by atoms with van der Waals surface area (Å²) in [6, 6.07) is 12.1. The van der Waals surface area contributed by atoms with Gasteiger partial charge in [-0.2, -0.15) is 0 Å². The van der Waals surface area contributed by atoms with Crippen LogP contribution in [0, 0.1) is 5.82 Å². The molecule has 126 valence electrons. The zero-order valence-electron chi connectivity index (χ0n) is 13.3. The van der Waals surface area contributed by atoms with Gasteiger partial charge in [-0.15, -0.1) is 0 Å². The molecular weight excluding hydrogens is 327 g/mol. The highest BCUT2D eigenvalue weighted by molar-refractivity contribution is 6.30. The smallest absolute Gasteiger partial charge is 0.254 e. The van der Waals surface area contributed by atoms with E-state index in [1.54, 1.807) is 18.2 Å². The van der Waals surface area contributed by atoms with E-state index >= 15 is 0 Å². The summed E-state index contributed by atoms with van der Waals surface area (Å²) < 4.78 is 14.4. The molecule has 1 fully saturated rings.